The molecule has 0 aromatic heterocycles. The summed E-state index contributed by atoms with van der Waals surface area (Å²) in [6.45, 7) is 2.95. The van der Waals surface area contributed by atoms with E-state index in [0.717, 1.165) is 31.2 Å². The summed E-state index contributed by atoms with van der Waals surface area (Å²) < 4.78 is 5.79. The van der Waals surface area contributed by atoms with Gasteiger partial charge in [-0.1, -0.05) is 44.2 Å². The van der Waals surface area contributed by atoms with E-state index < -0.39 is 5.97 Å². The number of hydrogen-bond acceptors (Lipinski definition) is 3. The molecule has 23 heavy (non-hydrogen) atoms. The first-order valence-corrected chi connectivity index (χ1v) is 8.87. The van der Waals surface area contributed by atoms with Gasteiger partial charge in [0.15, 0.2) is 0 Å². The number of carboxylic acids is 1. The van der Waals surface area contributed by atoms with E-state index in [1.807, 2.05) is 12.1 Å². The Hall–Kier alpha value is -1.55. The summed E-state index contributed by atoms with van der Waals surface area (Å²) in [5, 5.41) is 8.88. The molecule has 1 heterocycles. The van der Waals surface area contributed by atoms with Crippen molar-refractivity contribution in [2.45, 2.75) is 45.1 Å². The van der Waals surface area contributed by atoms with Crippen LogP contribution in [0, 0.1) is 11.8 Å². The maximum absolute atomic E-state index is 10.8. The predicted molar refractivity (Wildman–Crippen MR) is 89.5 cm³/mol. The van der Waals surface area contributed by atoms with Crippen LogP contribution in [0.4, 0.5) is 0 Å². The zero-order valence-corrected chi connectivity index (χ0v) is 13.7. The van der Waals surface area contributed by atoms with Crippen LogP contribution in [0.5, 0.6) is 5.75 Å². The molecule has 1 aliphatic carbocycles. The van der Waals surface area contributed by atoms with Gasteiger partial charge in [0.25, 0.3) is 0 Å². The van der Waals surface area contributed by atoms with Gasteiger partial charge in [0.05, 0.1) is 12.5 Å². The number of hydrogen-bond donors (Lipinski definition) is 1. The van der Waals surface area contributed by atoms with Gasteiger partial charge in [-0.2, -0.15) is 0 Å². The van der Waals surface area contributed by atoms with Crippen LogP contribution in [0.15, 0.2) is 24.3 Å². The fraction of sp³-hybridized carbons (Fsp3) is 0.632. The highest BCUT2D eigenvalue weighted by Gasteiger charge is 2.32. The minimum absolute atomic E-state index is 0.183. The standard InChI is InChI=1S/C19H27NO3/c21-19(22)17-13-20(14-17)12-16-7-9-18(10-8-16)23-11-3-1-2-4-15-5-6-15/h7-10,15,17H,1-6,11-14H2,(H,21,22). The molecule has 0 amide bonds. The molecule has 0 unspecified atom stereocenters. The SMILES string of the molecule is O=C(O)C1CN(Cc2ccc(OCCCCCC3CC3)cc2)C1. The fourth-order valence-electron chi connectivity index (χ4n) is 3.11. The van der Waals surface area contributed by atoms with E-state index in [2.05, 4.69) is 17.0 Å². The van der Waals surface area contributed by atoms with Crippen molar-refractivity contribution in [3.05, 3.63) is 29.8 Å². The topological polar surface area (TPSA) is 49.8 Å². The number of benzene rings is 1. The van der Waals surface area contributed by atoms with E-state index in [9.17, 15) is 4.79 Å². The Morgan fingerprint density at radius 2 is 1.87 bits per heavy atom. The highest BCUT2D eigenvalue weighted by Crippen LogP contribution is 2.34. The minimum Gasteiger partial charge on any atom is -0.494 e. The second-order valence-corrected chi connectivity index (χ2v) is 7.01. The lowest BCUT2D eigenvalue weighted by Gasteiger charge is -2.36. The van der Waals surface area contributed by atoms with Crippen LogP contribution in [-0.2, 0) is 11.3 Å². The lowest BCUT2D eigenvalue weighted by atomic mass is 10.00. The molecule has 1 aliphatic heterocycles. The van der Waals surface area contributed by atoms with Gasteiger partial charge in [-0.25, -0.2) is 0 Å². The summed E-state index contributed by atoms with van der Waals surface area (Å²) in [4.78, 5) is 12.9. The molecule has 1 aromatic rings. The monoisotopic (exact) mass is 317 g/mol. The largest absolute Gasteiger partial charge is 0.494 e. The molecule has 0 radical (unpaired) electrons. The molecule has 3 rings (SSSR count). The Morgan fingerprint density at radius 1 is 1.13 bits per heavy atom. The van der Waals surface area contributed by atoms with Crippen molar-refractivity contribution in [2.75, 3.05) is 19.7 Å². The van der Waals surface area contributed by atoms with Crippen molar-refractivity contribution < 1.29 is 14.6 Å². The molecule has 126 valence electrons. The number of carboxylic acid groups (broad SMARTS) is 1. The second kappa shape index (κ2) is 7.82. The van der Waals surface area contributed by atoms with Gasteiger partial charge in [-0.15, -0.1) is 0 Å². The fourth-order valence-corrected chi connectivity index (χ4v) is 3.11. The van der Waals surface area contributed by atoms with Crippen LogP contribution in [0.3, 0.4) is 0 Å². The molecular weight excluding hydrogens is 290 g/mol. The maximum Gasteiger partial charge on any atom is 0.309 e. The van der Waals surface area contributed by atoms with Crippen LogP contribution >= 0.6 is 0 Å². The predicted octanol–water partition coefficient (Wildman–Crippen LogP) is 3.55. The van der Waals surface area contributed by atoms with Crippen LogP contribution in [0.25, 0.3) is 0 Å². The number of unbranched alkanes of at least 4 members (excludes halogenated alkanes) is 2. The zero-order chi connectivity index (χ0) is 16.1. The zero-order valence-electron chi connectivity index (χ0n) is 13.7. The molecule has 2 aliphatic rings. The van der Waals surface area contributed by atoms with Gasteiger partial charge in [-0.3, -0.25) is 9.69 Å². The number of aliphatic carboxylic acids is 1. The molecule has 1 aromatic carbocycles. The number of ether oxygens (including phenoxy) is 1. The molecule has 4 heteroatoms. The maximum atomic E-state index is 10.8. The van der Waals surface area contributed by atoms with Gasteiger partial charge in [-0.05, 0) is 30.0 Å². The van der Waals surface area contributed by atoms with Crippen molar-refractivity contribution >= 4 is 5.97 Å². The Morgan fingerprint density at radius 3 is 2.52 bits per heavy atom. The molecule has 1 N–H and O–H groups in total. The third-order valence-electron chi connectivity index (χ3n) is 4.86. The van der Waals surface area contributed by atoms with E-state index >= 15 is 0 Å². The first-order chi connectivity index (χ1) is 11.2. The van der Waals surface area contributed by atoms with Crippen molar-refractivity contribution in [2.24, 2.45) is 11.8 Å². The molecule has 0 spiro atoms. The van der Waals surface area contributed by atoms with Gasteiger partial charge in [0.2, 0.25) is 0 Å². The quantitative estimate of drug-likeness (QED) is 0.671. The summed E-state index contributed by atoms with van der Waals surface area (Å²) in [5.41, 5.74) is 1.21. The number of nitrogens with zero attached hydrogens (tertiary/aromatic N) is 1. The van der Waals surface area contributed by atoms with Crippen LogP contribution in [-0.4, -0.2) is 35.7 Å². The third kappa shape index (κ3) is 5.24. The molecule has 1 saturated heterocycles. The van der Waals surface area contributed by atoms with Crippen molar-refractivity contribution in [3.8, 4) is 5.75 Å². The van der Waals surface area contributed by atoms with Gasteiger partial charge < -0.3 is 9.84 Å². The van der Waals surface area contributed by atoms with Crippen molar-refractivity contribution in [1.82, 2.24) is 4.90 Å². The van der Waals surface area contributed by atoms with E-state index in [4.69, 9.17) is 9.84 Å². The van der Waals surface area contributed by atoms with E-state index in [0.29, 0.717) is 13.1 Å². The first kappa shape index (κ1) is 16.3. The number of carbonyl (C=O) groups is 1. The Labute approximate surface area is 138 Å². The summed E-state index contributed by atoms with van der Waals surface area (Å²) in [5.74, 6) is 1.11. The summed E-state index contributed by atoms with van der Waals surface area (Å²) in [6, 6.07) is 8.20. The third-order valence-corrected chi connectivity index (χ3v) is 4.86. The van der Waals surface area contributed by atoms with Gasteiger partial charge in [0, 0.05) is 19.6 Å². The molecule has 1 saturated carbocycles. The first-order valence-electron chi connectivity index (χ1n) is 8.87. The van der Waals surface area contributed by atoms with Gasteiger partial charge >= 0.3 is 5.97 Å². The van der Waals surface area contributed by atoms with Crippen LogP contribution in [0.1, 0.15) is 44.1 Å². The van der Waals surface area contributed by atoms with Crippen molar-refractivity contribution in [3.63, 3.8) is 0 Å². The van der Waals surface area contributed by atoms with E-state index in [1.165, 1.54) is 37.7 Å². The average molecular weight is 317 g/mol. The summed E-state index contributed by atoms with van der Waals surface area (Å²) in [6.07, 6.45) is 8.08. The van der Waals surface area contributed by atoms with E-state index in [1.54, 1.807) is 0 Å². The van der Waals surface area contributed by atoms with Crippen LogP contribution < -0.4 is 4.74 Å². The second-order valence-electron chi connectivity index (χ2n) is 7.01. The average Bonchev–Trinajstić information content (AvgIpc) is 3.31. The van der Waals surface area contributed by atoms with Crippen molar-refractivity contribution in [1.29, 1.82) is 0 Å². The van der Waals surface area contributed by atoms with Gasteiger partial charge in [0.1, 0.15) is 5.75 Å². The summed E-state index contributed by atoms with van der Waals surface area (Å²) >= 11 is 0. The smallest absolute Gasteiger partial charge is 0.309 e. The van der Waals surface area contributed by atoms with Crippen LogP contribution in [0.2, 0.25) is 0 Å². The Balaban J connectivity index is 1.28. The molecular formula is C19H27NO3. The molecule has 0 atom stereocenters. The minimum atomic E-state index is -0.679. The molecule has 4 nitrogen and oxygen atoms in total. The lowest BCUT2D eigenvalue weighted by Crippen LogP contribution is -2.49. The summed E-state index contributed by atoms with van der Waals surface area (Å²) in [7, 11) is 0. The number of likely N-dealkylation sites (tertiary alicyclic amines) is 1. The Bertz CT molecular complexity index is 504. The molecule has 2 fully saturated rings. The number of rotatable bonds is 10. The lowest BCUT2D eigenvalue weighted by molar-refractivity contribution is -0.147. The Kier molecular flexibility index (Phi) is 5.55. The molecule has 0 bridgehead atoms. The highest BCUT2D eigenvalue weighted by atomic mass is 16.5. The van der Waals surface area contributed by atoms with E-state index in [-0.39, 0.29) is 5.92 Å². The normalized spacial score (nSPS) is 18.6. The highest BCUT2D eigenvalue weighted by molar-refractivity contribution is 5.71.